The molecule has 0 saturated carbocycles. The van der Waals surface area contributed by atoms with E-state index in [0.717, 1.165) is 23.2 Å². The highest BCUT2D eigenvalue weighted by Gasteiger charge is 2.22. The van der Waals surface area contributed by atoms with Crippen LogP contribution in [-0.4, -0.2) is 13.7 Å². The van der Waals surface area contributed by atoms with E-state index in [1.807, 2.05) is 7.05 Å². The lowest BCUT2D eigenvalue weighted by atomic mass is 9.96. The fourth-order valence-electron chi connectivity index (χ4n) is 2.62. The molecule has 1 aliphatic rings. The van der Waals surface area contributed by atoms with Crippen molar-refractivity contribution in [1.29, 1.82) is 0 Å². The van der Waals surface area contributed by atoms with E-state index in [-0.39, 0.29) is 6.04 Å². The maximum Gasteiger partial charge on any atom is 0.127 e. The van der Waals surface area contributed by atoms with Crippen molar-refractivity contribution < 1.29 is 4.74 Å². The number of hydrogen-bond donors (Lipinski definition) is 1. The van der Waals surface area contributed by atoms with Gasteiger partial charge in [-0.05, 0) is 30.3 Å². The van der Waals surface area contributed by atoms with E-state index in [2.05, 4.69) is 63.7 Å². The highest BCUT2D eigenvalue weighted by atomic mass is 79.9. The van der Waals surface area contributed by atoms with E-state index < -0.39 is 0 Å². The first kappa shape index (κ1) is 12.7. The van der Waals surface area contributed by atoms with Crippen LogP contribution in [0.15, 0.2) is 46.9 Å². The zero-order chi connectivity index (χ0) is 13.2. The Morgan fingerprint density at radius 2 is 1.95 bits per heavy atom. The van der Waals surface area contributed by atoms with Crippen molar-refractivity contribution in [3.05, 3.63) is 63.6 Å². The summed E-state index contributed by atoms with van der Waals surface area (Å²) in [6, 6.07) is 15.0. The molecule has 2 nitrogen and oxygen atoms in total. The fourth-order valence-corrected chi connectivity index (χ4v) is 2.89. The van der Waals surface area contributed by atoms with Crippen molar-refractivity contribution in [2.75, 3.05) is 13.7 Å². The van der Waals surface area contributed by atoms with E-state index >= 15 is 0 Å². The molecule has 0 saturated heterocycles. The first-order chi connectivity index (χ1) is 9.29. The number of ether oxygens (including phenoxy) is 1. The number of hydrogen-bond acceptors (Lipinski definition) is 2. The van der Waals surface area contributed by atoms with E-state index in [1.54, 1.807) is 0 Å². The summed E-state index contributed by atoms with van der Waals surface area (Å²) in [6.07, 6.45) is 1.01. The Labute approximate surface area is 121 Å². The Balaban J connectivity index is 2.03. The molecule has 0 aromatic heterocycles. The lowest BCUT2D eigenvalue weighted by Crippen LogP contribution is -2.18. The Morgan fingerprint density at radius 1 is 1.16 bits per heavy atom. The molecule has 0 radical (unpaired) electrons. The number of fused-ring (bicyclic) bond motifs is 1. The SMILES string of the molecule is CNC(c1ccc(Br)cc1)c1cccc2c1OCC2. The van der Waals surface area contributed by atoms with E-state index in [9.17, 15) is 0 Å². The van der Waals surface area contributed by atoms with Gasteiger partial charge in [0.25, 0.3) is 0 Å². The first-order valence-corrected chi connectivity index (χ1v) is 7.26. The third kappa shape index (κ3) is 2.40. The van der Waals surface area contributed by atoms with Crippen LogP contribution in [0, 0.1) is 0 Å². The van der Waals surface area contributed by atoms with Crippen LogP contribution in [0.2, 0.25) is 0 Å². The molecule has 1 N–H and O–H groups in total. The quantitative estimate of drug-likeness (QED) is 0.932. The van der Waals surface area contributed by atoms with Crippen molar-refractivity contribution >= 4 is 15.9 Å². The van der Waals surface area contributed by atoms with Crippen LogP contribution >= 0.6 is 15.9 Å². The highest BCUT2D eigenvalue weighted by Crippen LogP contribution is 2.36. The summed E-state index contributed by atoms with van der Waals surface area (Å²) in [5, 5.41) is 3.39. The van der Waals surface area contributed by atoms with Gasteiger partial charge in [0.2, 0.25) is 0 Å². The minimum atomic E-state index is 0.168. The Kier molecular flexibility index (Phi) is 3.58. The standard InChI is InChI=1S/C16H16BrNO/c1-18-15(11-5-7-13(17)8-6-11)14-4-2-3-12-9-10-19-16(12)14/h2-8,15,18H,9-10H2,1H3. The molecule has 1 atom stereocenters. The fraction of sp³-hybridized carbons (Fsp3) is 0.250. The summed E-state index contributed by atoms with van der Waals surface area (Å²) in [6.45, 7) is 0.795. The molecule has 0 amide bonds. The van der Waals surface area contributed by atoms with Gasteiger partial charge in [0, 0.05) is 16.5 Å². The minimum Gasteiger partial charge on any atom is -0.493 e. The monoisotopic (exact) mass is 317 g/mol. The zero-order valence-corrected chi connectivity index (χ0v) is 12.4. The maximum atomic E-state index is 5.81. The van der Waals surface area contributed by atoms with Crippen molar-refractivity contribution in [1.82, 2.24) is 5.32 Å². The van der Waals surface area contributed by atoms with Gasteiger partial charge in [-0.1, -0.05) is 46.3 Å². The molecule has 2 aromatic carbocycles. The van der Waals surface area contributed by atoms with Crippen molar-refractivity contribution in [3.8, 4) is 5.75 Å². The van der Waals surface area contributed by atoms with Crippen molar-refractivity contribution in [2.24, 2.45) is 0 Å². The predicted molar refractivity (Wildman–Crippen MR) is 80.7 cm³/mol. The molecule has 19 heavy (non-hydrogen) atoms. The maximum absolute atomic E-state index is 5.81. The number of nitrogens with one attached hydrogen (secondary N) is 1. The van der Waals surface area contributed by atoms with Gasteiger partial charge in [0.05, 0.1) is 12.6 Å². The molecule has 0 spiro atoms. The third-order valence-electron chi connectivity index (χ3n) is 3.55. The zero-order valence-electron chi connectivity index (χ0n) is 10.8. The molecule has 3 heteroatoms. The number of rotatable bonds is 3. The summed E-state index contributed by atoms with van der Waals surface area (Å²) in [5.41, 5.74) is 3.78. The Bertz CT molecular complexity index is 580. The average molecular weight is 318 g/mol. The van der Waals surface area contributed by atoms with Gasteiger partial charge in [-0.2, -0.15) is 0 Å². The van der Waals surface area contributed by atoms with Crippen LogP contribution in [0.1, 0.15) is 22.7 Å². The van der Waals surface area contributed by atoms with Gasteiger partial charge in [0.1, 0.15) is 5.75 Å². The molecule has 2 aromatic rings. The van der Waals surface area contributed by atoms with Crippen LogP contribution in [0.3, 0.4) is 0 Å². The van der Waals surface area contributed by atoms with Crippen molar-refractivity contribution in [3.63, 3.8) is 0 Å². The number of halogens is 1. The highest BCUT2D eigenvalue weighted by molar-refractivity contribution is 9.10. The van der Waals surface area contributed by atoms with Crippen LogP contribution in [-0.2, 0) is 6.42 Å². The van der Waals surface area contributed by atoms with Crippen LogP contribution in [0.5, 0.6) is 5.75 Å². The lowest BCUT2D eigenvalue weighted by Gasteiger charge is -2.19. The van der Waals surface area contributed by atoms with Crippen LogP contribution in [0.25, 0.3) is 0 Å². The number of benzene rings is 2. The predicted octanol–water partition coefficient (Wildman–Crippen LogP) is 3.69. The molecule has 0 aliphatic carbocycles. The molecule has 1 unspecified atom stereocenters. The van der Waals surface area contributed by atoms with Gasteiger partial charge < -0.3 is 10.1 Å². The second-order valence-electron chi connectivity index (χ2n) is 4.71. The Hall–Kier alpha value is -1.32. The van der Waals surface area contributed by atoms with E-state index in [0.29, 0.717) is 0 Å². The van der Waals surface area contributed by atoms with Crippen LogP contribution in [0.4, 0.5) is 0 Å². The van der Waals surface area contributed by atoms with Gasteiger partial charge in [-0.3, -0.25) is 0 Å². The molecule has 1 aliphatic heterocycles. The normalized spacial score (nSPS) is 14.8. The summed E-state index contributed by atoms with van der Waals surface area (Å²) < 4.78 is 6.91. The molecular formula is C16H16BrNO. The smallest absolute Gasteiger partial charge is 0.127 e. The summed E-state index contributed by atoms with van der Waals surface area (Å²) in [7, 11) is 1.99. The van der Waals surface area contributed by atoms with E-state index in [4.69, 9.17) is 4.74 Å². The topological polar surface area (TPSA) is 21.3 Å². The molecule has 1 heterocycles. The summed E-state index contributed by atoms with van der Waals surface area (Å²) in [5.74, 6) is 1.06. The number of para-hydroxylation sites is 1. The second-order valence-corrected chi connectivity index (χ2v) is 5.62. The van der Waals surface area contributed by atoms with Gasteiger partial charge >= 0.3 is 0 Å². The minimum absolute atomic E-state index is 0.168. The molecule has 0 fully saturated rings. The Morgan fingerprint density at radius 3 is 2.68 bits per heavy atom. The lowest BCUT2D eigenvalue weighted by molar-refractivity contribution is 0.351. The second kappa shape index (κ2) is 5.35. The summed E-state index contributed by atoms with van der Waals surface area (Å²) >= 11 is 3.48. The van der Waals surface area contributed by atoms with Gasteiger partial charge in [0.15, 0.2) is 0 Å². The largest absolute Gasteiger partial charge is 0.493 e. The van der Waals surface area contributed by atoms with E-state index in [1.165, 1.54) is 16.7 Å². The third-order valence-corrected chi connectivity index (χ3v) is 4.08. The first-order valence-electron chi connectivity index (χ1n) is 6.47. The molecular weight excluding hydrogens is 302 g/mol. The van der Waals surface area contributed by atoms with Gasteiger partial charge in [-0.15, -0.1) is 0 Å². The molecule has 0 bridgehead atoms. The average Bonchev–Trinajstić information content (AvgIpc) is 2.91. The van der Waals surface area contributed by atoms with Crippen molar-refractivity contribution in [2.45, 2.75) is 12.5 Å². The summed E-state index contributed by atoms with van der Waals surface area (Å²) in [4.78, 5) is 0. The molecule has 98 valence electrons. The van der Waals surface area contributed by atoms with Gasteiger partial charge in [-0.25, -0.2) is 0 Å². The molecule has 3 rings (SSSR count). The van der Waals surface area contributed by atoms with Crippen LogP contribution < -0.4 is 10.1 Å².